The van der Waals surface area contributed by atoms with E-state index in [4.69, 9.17) is 0 Å². The van der Waals surface area contributed by atoms with Crippen LogP contribution in [0.2, 0.25) is 0 Å². The molecule has 1 aromatic carbocycles. The maximum absolute atomic E-state index is 11.4. The predicted octanol–water partition coefficient (Wildman–Crippen LogP) is 4.76. The average Bonchev–Trinajstić information content (AvgIpc) is 3.04. The molecule has 0 saturated carbocycles. The molecule has 23 heavy (non-hydrogen) atoms. The Hall–Kier alpha value is -2.14. The monoisotopic (exact) mass is 328 g/mol. The lowest BCUT2D eigenvalue weighted by Gasteiger charge is -2.06. The van der Waals surface area contributed by atoms with Gasteiger partial charge < -0.3 is 5.11 Å². The molecule has 4 nitrogen and oxygen atoms in total. The van der Waals surface area contributed by atoms with Crippen molar-refractivity contribution in [3.63, 3.8) is 0 Å². The minimum absolute atomic E-state index is 0.389. The van der Waals surface area contributed by atoms with Crippen LogP contribution in [0.5, 0.6) is 0 Å². The van der Waals surface area contributed by atoms with Gasteiger partial charge in [0.05, 0.1) is 5.69 Å². The summed E-state index contributed by atoms with van der Waals surface area (Å²) in [4.78, 5) is 17.2. The molecule has 5 heteroatoms. The molecule has 0 atom stereocenters. The van der Waals surface area contributed by atoms with E-state index in [1.807, 2.05) is 18.2 Å². The van der Waals surface area contributed by atoms with Crippen LogP contribution in [0.25, 0.3) is 16.2 Å². The lowest BCUT2D eigenvalue weighted by atomic mass is 10.0. The third-order valence-electron chi connectivity index (χ3n) is 4.18. The number of thiazole rings is 1. The molecule has 0 unspecified atom stereocenters. The zero-order valence-corrected chi connectivity index (χ0v) is 14.6. The van der Waals surface area contributed by atoms with Gasteiger partial charge in [-0.05, 0) is 24.8 Å². The fourth-order valence-corrected chi connectivity index (χ4v) is 4.00. The Morgan fingerprint density at radius 2 is 1.96 bits per heavy atom. The SMILES string of the molecule is CCc1c(C(=O)O)sc2nc(-c3ccc(C(C)C)cc3)c(C)n12. The zero-order valence-electron chi connectivity index (χ0n) is 13.8. The van der Waals surface area contributed by atoms with Gasteiger partial charge in [0.2, 0.25) is 0 Å². The van der Waals surface area contributed by atoms with Crippen molar-refractivity contribution >= 4 is 22.3 Å². The number of aryl methyl sites for hydroxylation is 2. The van der Waals surface area contributed by atoms with Crippen molar-refractivity contribution in [2.75, 3.05) is 0 Å². The Morgan fingerprint density at radius 1 is 1.30 bits per heavy atom. The fourth-order valence-electron chi connectivity index (χ4n) is 2.90. The molecule has 0 fully saturated rings. The van der Waals surface area contributed by atoms with E-state index in [0.717, 1.165) is 27.6 Å². The Labute approximate surface area is 139 Å². The molecule has 120 valence electrons. The van der Waals surface area contributed by atoms with Crippen molar-refractivity contribution in [1.29, 1.82) is 0 Å². The van der Waals surface area contributed by atoms with Gasteiger partial charge in [0.15, 0.2) is 4.96 Å². The summed E-state index contributed by atoms with van der Waals surface area (Å²) in [5.41, 5.74) is 5.13. The Kier molecular flexibility index (Phi) is 3.98. The second-order valence-corrected chi connectivity index (χ2v) is 6.95. The average molecular weight is 328 g/mol. The molecule has 0 aliphatic rings. The van der Waals surface area contributed by atoms with E-state index < -0.39 is 5.97 Å². The van der Waals surface area contributed by atoms with Gasteiger partial charge in [-0.2, -0.15) is 0 Å². The van der Waals surface area contributed by atoms with E-state index in [1.165, 1.54) is 16.9 Å². The maximum Gasteiger partial charge on any atom is 0.347 e. The summed E-state index contributed by atoms with van der Waals surface area (Å²) in [5.74, 6) is -0.375. The standard InChI is InChI=1S/C18H20N2O2S/c1-5-14-16(17(21)22)23-18-19-15(11(4)20(14)18)13-8-6-12(7-9-13)10(2)3/h6-10H,5H2,1-4H3,(H,21,22). The van der Waals surface area contributed by atoms with Crippen LogP contribution in [0.1, 0.15) is 53.3 Å². The van der Waals surface area contributed by atoms with Gasteiger partial charge >= 0.3 is 5.97 Å². The molecule has 0 saturated heterocycles. The van der Waals surface area contributed by atoms with Gasteiger partial charge in [-0.1, -0.05) is 56.4 Å². The summed E-state index contributed by atoms with van der Waals surface area (Å²) in [7, 11) is 0. The van der Waals surface area contributed by atoms with Crippen LogP contribution in [0, 0.1) is 6.92 Å². The lowest BCUT2D eigenvalue weighted by Crippen LogP contribution is -2.01. The Bertz CT molecular complexity index is 873. The van der Waals surface area contributed by atoms with Gasteiger partial charge in [-0.25, -0.2) is 9.78 Å². The van der Waals surface area contributed by atoms with Crippen molar-refractivity contribution in [3.8, 4) is 11.3 Å². The summed E-state index contributed by atoms with van der Waals surface area (Å²) in [6, 6.07) is 8.46. The fraction of sp³-hybridized carbons (Fsp3) is 0.333. The molecular formula is C18H20N2O2S. The van der Waals surface area contributed by atoms with Crippen LogP contribution in [0.15, 0.2) is 24.3 Å². The molecule has 1 N–H and O–H groups in total. The van der Waals surface area contributed by atoms with Crippen molar-refractivity contribution in [2.24, 2.45) is 0 Å². The number of rotatable bonds is 4. The summed E-state index contributed by atoms with van der Waals surface area (Å²) in [5, 5.41) is 9.35. The molecule has 0 radical (unpaired) electrons. The van der Waals surface area contributed by atoms with E-state index >= 15 is 0 Å². The first-order chi connectivity index (χ1) is 10.9. The summed E-state index contributed by atoms with van der Waals surface area (Å²) in [6.07, 6.45) is 0.671. The number of carboxylic acid groups (broad SMARTS) is 1. The number of carboxylic acids is 1. The minimum Gasteiger partial charge on any atom is -0.477 e. The maximum atomic E-state index is 11.4. The molecular weight excluding hydrogens is 308 g/mol. The smallest absolute Gasteiger partial charge is 0.347 e. The Balaban J connectivity index is 2.14. The minimum atomic E-state index is -0.875. The summed E-state index contributed by atoms with van der Waals surface area (Å²) in [6.45, 7) is 8.33. The van der Waals surface area contributed by atoms with E-state index in [1.54, 1.807) is 0 Å². The number of carbonyl (C=O) groups is 1. The first-order valence-electron chi connectivity index (χ1n) is 7.78. The van der Waals surface area contributed by atoms with Crippen LogP contribution >= 0.6 is 11.3 Å². The van der Waals surface area contributed by atoms with Crippen molar-refractivity contribution in [3.05, 3.63) is 46.1 Å². The summed E-state index contributed by atoms with van der Waals surface area (Å²) >= 11 is 1.25. The number of imidazole rings is 1. The van der Waals surface area contributed by atoms with Crippen LogP contribution in [0.3, 0.4) is 0 Å². The molecule has 2 aromatic heterocycles. The van der Waals surface area contributed by atoms with Crippen LogP contribution < -0.4 is 0 Å². The number of hydrogen-bond donors (Lipinski definition) is 1. The molecule has 3 rings (SSSR count). The van der Waals surface area contributed by atoms with Gasteiger partial charge in [0.1, 0.15) is 4.88 Å². The molecule has 0 amide bonds. The molecule has 3 aromatic rings. The number of aromatic nitrogens is 2. The second-order valence-electron chi connectivity index (χ2n) is 5.98. The normalized spacial score (nSPS) is 11.5. The number of benzene rings is 1. The molecule has 0 aliphatic heterocycles. The number of fused-ring (bicyclic) bond motifs is 1. The predicted molar refractivity (Wildman–Crippen MR) is 93.7 cm³/mol. The topological polar surface area (TPSA) is 54.6 Å². The largest absolute Gasteiger partial charge is 0.477 e. The van der Waals surface area contributed by atoms with E-state index in [2.05, 4.69) is 43.1 Å². The molecule has 0 aliphatic carbocycles. The first kappa shape index (κ1) is 15.7. The second kappa shape index (κ2) is 5.81. The van der Waals surface area contributed by atoms with Crippen molar-refractivity contribution in [2.45, 2.75) is 40.0 Å². The summed E-state index contributed by atoms with van der Waals surface area (Å²) < 4.78 is 1.99. The molecule has 0 bridgehead atoms. The third kappa shape index (κ3) is 2.55. The van der Waals surface area contributed by atoms with Crippen molar-refractivity contribution < 1.29 is 9.90 Å². The molecule has 2 heterocycles. The zero-order chi connectivity index (χ0) is 16.7. The highest BCUT2D eigenvalue weighted by molar-refractivity contribution is 7.19. The first-order valence-corrected chi connectivity index (χ1v) is 8.60. The number of aromatic carboxylic acids is 1. The number of hydrogen-bond acceptors (Lipinski definition) is 3. The van der Waals surface area contributed by atoms with Gasteiger partial charge in [-0.15, -0.1) is 0 Å². The van der Waals surface area contributed by atoms with E-state index in [-0.39, 0.29) is 0 Å². The highest BCUT2D eigenvalue weighted by Gasteiger charge is 2.21. The van der Waals surface area contributed by atoms with Crippen LogP contribution in [0.4, 0.5) is 0 Å². The highest BCUT2D eigenvalue weighted by Crippen LogP contribution is 2.31. The molecule has 0 spiro atoms. The number of nitrogens with zero attached hydrogens (tertiary/aromatic N) is 2. The third-order valence-corrected chi connectivity index (χ3v) is 5.25. The van der Waals surface area contributed by atoms with E-state index in [0.29, 0.717) is 17.2 Å². The Morgan fingerprint density at radius 3 is 2.48 bits per heavy atom. The van der Waals surface area contributed by atoms with Gasteiger partial charge in [0.25, 0.3) is 0 Å². The van der Waals surface area contributed by atoms with Crippen molar-refractivity contribution in [1.82, 2.24) is 9.38 Å². The van der Waals surface area contributed by atoms with Gasteiger partial charge in [-0.3, -0.25) is 4.40 Å². The van der Waals surface area contributed by atoms with E-state index in [9.17, 15) is 9.90 Å². The highest BCUT2D eigenvalue weighted by atomic mass is 32.1. The van der Waals surface area contributed by atoms with Crippen LogP contribution in [-0.2, 0) is 6.42 Å². The van der Waals surface area contributed by atoms with Gasteiger partial charge in [0, 0.05) is 17.0 Å². The quantitative estimate of drug-likeness (QED) is 0.751. The lowest BCUT2D eigenvalue weighted by molar-refractivity contribution is 0.0700. The van der Waals surface area contributed by atoms with Crippen LogP contribution in [-0.4, -0.2) is 20.5 Å².